The fourth-order valence-corrected chi connectivity index (χ4v) is 5.78. The van der Waals surface area contributed by atoms with Crippen LogP contribution in [0.3, 0.4) is 0 Å². The lowest BCUT2D eigenvalue weighted by Crippen LogP contribution is -2.40. The highest BCUT2D eigenvalue weighted by atomic mass is 16.5. The van der Waals surface area contributed by atoms with E-state index in [-0.39, 0.29) is 12.1 Å². The Balaban J connectivity index is 1.66. The average Bonchev–Trinajstić information content (AvgIpc) is 2.97. The fourth-order valence-electron chi connectivity index (χ4n) is 5.78. The molecule has 0 bridgehead atoms. The summed E-state index contributed by atoms with van der Waals surface area (Å²) < 4.78 is 5.65. The number of rotatable bonds is 13. The lowest BCUT2D eigenvalue weighted by molar-refractivity contribution is 0.0846. The van der Waals surface area contributed by atoms with Gasteiger partial charge in [0.2, 0.25) is 0 Å². The number of H-pyrrole nitrogens is 1. The van der Waals surface area contributed by atoms with Gasteiger partial charge in [0.15, 0.2) is 0 Å². The van der Waals surface area contributed by atoms with Gasteiger partial charge in [0.1, 0.15) is 6.23 Å². The van der Waals surface area contributed by atoms with Crippen molar-refractivity contribution in [1.29, 1.82) is 0 Å². The van der Waals surface area contributed by atoms with Crippen LogP contribution in [-0.2, 0) is 17.8 Å². The number of aryl methyl sites for hydroxylation is 2. The zero-order chi connectivity index (χ0) is 29.4. The van der Waals surface area contributed by atoms with Crippen molar-refractivity contribution in [1.82, 2.24) is 15.6 Å². The van der Waals surface area contributed by atoms with E-state index >= 15 is 0 Å². The maximum absolute atomic E-state index is 12.6. The maximum atomic E-state index is 12.6. The third-order valence-electron chi connectivity index (χ3n) is 8.14. The first-order valence-electron chi connectivity index (χ1n) is 14.9. The van der Waals surface area contributed by atoms with E-state index in [0.29, 0.717) is 18.2 Å². The summed E-state index contributed by atoms with van der Waals surface area (Å²) in [6.07, 6.45) is 1.99. The number of pyridine rings is 1. The van der Waals surface area contributed by atoms with E-state index in [1.54, 1.807) is 0 Å². The molecule has 6 N–H and O–H groups in total. The molecule has 2 aromatic carbocycles. The summed E-state index contributed by atoms with van der Waals surface area (Å²) >= 11 is 0. The molecule has 0 spiro atoms. The summed E-state index contributed by atoms with van der Waals surface area (Å²) in [5, 5.41) is 18.1. The van der Waals surface area contributed by atoms with Gasteiger partial charge in [-0.3, -0.25) is 10.1 Å². The predicted octanol–water partition coefficient (Wildman–Crippen LogP) is 4.19. The molecule has 2 heterocycles. The number of aromatic amines is 1. The molecule has 1 saturated heterocycles. The number of aromatic nitrogens is 1. The Labute approximate surface area is 244 Å². The number of hydrogen-bond donors (Lipinski definition) is 5. The van der Waals surface area contributed by atoms with Crippen molar-refractivity contribution < 1.29 is 9.84 Å². The van der Waals surface area contributed by atoms with Crippen molar-refractivity contribution >= 4 is 5.69 Å². The number of nitrogens with one attached hydrogen (secondary N) is 3. The van der Waals surface area contributed by atoms with Crippen LogP contribution in [0.15, 0.2) is 47.3 Å². The number of hydrogen-bond acceptors (Lipinski definition) is 7. The smallest absolute Gasteiger partial charge is 0.252 e. The van der Waals surface area contributed by atoms with E-state index in [9.17, 15) is 9.90 Å². The minimum Gasteiger partial charge on any atom is -0.381 e. The number of benzene rings is 2. The lowest BCUT2D eigenvalue weighted by atomic mass is 9.94. The molecule has 0 amide bonds. The highest BCUT2D eigenvalue weighted by Crippen LogP contribution is 2.35. The third kappa shape index (κ3) is 7.84. The monoisotopic (exact) mass is 561 g/mol. The number of ether oxygens (including phenoxy) is 1. The van der Waals surface area contributed by atoms with Gasteiger partial charge in [-0.1, -0.05) is 24.3 Å². The second-order valence-electron chi connectivity index (χ2n) is 11.1. The molecule has 0 saturated carbocycles. The number of nitrogens with zero attached hydrogens (tertiary/aromatic N) is 1. The molecule has 41 heavy (non-hydrogen) atoms. The molecule has 4 rings (SSSR count). The first kappa shape index (κ1) is 30.9. The molecule has 0 aliphatic carbocycles. The van der Waals surface area contributed by atoms with Crippen LogP contribution in [0.1, 0.15) is 65.9 Å². The van der Waals surface area contributed by atoms with Gasteiger partial charge in [-0.05, 0) is 106 Å². The lowest BCUT2D eigenvalue weighted by Gasteiger charge is -2.37. The molecule has 1 aliphatic heterocycles. The van der Waals surface area contributed by atoms with Gasteiger partial charge in [-0.25, -0.2) is 0 Å². The van der Waals surface area contributed by atoms with Crippen molar-refractivity contribution in [3.8, 4) is 11.1 Å². The summed E-state index contributed by atoms with van der Waals surface area (Å²) in [4.78, 5) is 17.9. The van der Waals surface area contributed by atoms with Crippen LogP contribution < -0.4 is 26.8 Å². The summed E-state index contributed by atoms with van der Waals surface area (Å²) in [6, 6.07) is 15.3. The number of aliphatic hydroxyl groups excluding tert-OH is 1. The third-order valence-corrected chi connectivity index (χ3v) is 8.14. The predicted molar refractivity (Wildman–Crippen MR) is 167 cm³/mol. The Kier molecular flexibility index (Phi) is 11.1. The molecule has 1 aliphatic rings. The summed E-state index contributed by atoms with van der Waals surface area (Å²) in [5.74, 6) is 0. The first-order valence-corrected chi connectivity index (χ1v) is 14.9. The first-order chi connectivity index (χ1) is 19.8. The Morgan fingerprint density at radius 2 is 1.80 bits per heavy atom. The van der Waals surface area contributed by atoms with Crippen molar-refractivity contribution in [3.63, 3.8) is 0 Å². The van der Waals surface area contributed by atoms with Gasteiger partial charge in [-0.15, -0.1) is 0 Å². The van der Waals surface area contributed by atoms with E-state index in [1.165, 1.54) is 5.56 Å². The number of aliphatic hydroxyl groups is 1. The van der Waals surface area contributed by atoms with Crippen molar-refractivity contribution in [2.75, 3.05) is 37.7 Å². The Morgan fingerprint density at radius 1 is 1.07 bits per heavy atom. The number of nitrogens with two attached hydrogens (primary N) is 1. The maximum Gasteiger partial charge on any atom is 0.252 e. The van der Waals surface area contributed by atoms with E-state index in [4.69, 9.17) is 10.5 Å². The van der Waals surface area contributed by atoms with E-state index in [0.717, 1.165) is 91.3 Å². The zero-order valence-corrected chi connectivity index (χ0v) is 25.1. The second kappa shape index (κ2) is 14.8. The zero-order valence-electron chi connectivity index (χ0n) is 25.1. The number of anilines is 1. The Hall–Kier alpha value is -3.01. The average molecular weight is 562 g/mol. The SMILES string of the molecule is CCN(c1cc(-c2ccc(CNCCCN)cc2)cc(C(O)NCc2c(C)cc(C)[nH]c2=O)c1C)C1CCOCC1. The van der Waals surface area contributed by atoms with Gasteiger partial charge in [0, 0.05) is 61.4 Å². The van der Waals surface area contributed by atoms with Gasteiger partial charge < -0.3 is 30.8 Å². The van der Waals surface area contributed by atoms with Crippen LogP contribution in [0, 0.1) is 20.8 Å². The quantitative estimate of drug-likeness (QED) is 0.157. The Morgan fingerprint density at radius 3 is 2.46 bits per heavy atom. The molecule has 8 nitrogen and oxygen atoms in total. The molecule has 1 unspecified atom stereocenters. The largest absolute Gasteiger partial charge is 0.381 e. The fraction of sp³-hybridized carbons (Fsp3) is 0.485. The highest BCUT2D eigenvalue weighted by Gasteiger charge is 2.25. The van der Waals surface area contributed by atoms with Gasteiger partial charge in [0.25, 0.3) is 5.56 Å². The molecule has 1 fully saturated rings. The van der Waals surface area contributed by atoms with Crippen LogP contribution in [-0.4, -0.2) is 49.0 Å². The molecule has 222 valence electrons. The Bertz CT molecular complexity index is 1330. The topological polar surface area (TPSA) is 116 Å². The molecule has 8 heteroatoms. The molecule has 1 atom stereocenters. The van der Waals surface area contributed by atoms with Crippen molar-refractivity contribution in [2.24, 2.45) is 5.73 Å². The highest BCUT2D eigenvalue weighted by molar-refractivity contribution is 5.73. The van der Waals surface area contributed by atoms with Crippen LogP contribution in [0.4, 0.5) is 5.69 Å². The van der Waals surface area contributed by atoms with Crippen molar-refractivity contribution in [2.45, 2.75) is 72.3 Å². The van der Waals surface area contributed by atoms with Gasteiger partial charge in [0.05, 0.1) is 0 Å². The molecular formula is C33H47N5O3. The summed E-state index contributed by atoms with van der Waals surface area (Å²) in [7, 11) is 0. The van der Waals surface area contributed by atoms with Crippen LogP contribution in [0.25, 0.3) is 11.1 Å². The molecule has 1 aromatic heterocycles. The van der Waals surface area contributed by atoms with Crippen LogP contribution in [0.5, 0.6) is 0 Å². The standard InChI is InChI=1S/C33H47N5O3/c1-5-38(28-11-15-41-16-12-28)31-19-27(26-9-7-25(8-10-26)20-35-14-6-13-34)18-29(24(31)4)32(39)36-21-30-22(2)17-23(3)37-33(30)40/h7-10,17-19,28,32,35-36,39H,5-6,11-16,20-21,34H2,1-4H3,(H,37,40). The van der Waals surface area contributed by atoms with Gasteiger partial charge in [-0.2, -0.15) is 0 Å². The summed E-state index contributed by atoms with van der Waals surface area (Å²) in [5.41, 5.74) is 14.2. The van der Waals surface area contributed by atoms with E-state index in [1.807, 2.05) is 19.9 Å². The van der Waals surface area contributed by atoms with Crippen LogP contribution >= 0.6 is 0 Å². The van der Waals surface area contributed by atoms with E-state index < -0.39 is 6.23 Å². The van der Waals surface area contributed by atoms with Crippen LogP contribution in [0.2, 0.25) is 0 Å². The molecule has 3 aromatic rings. The van der Waals surface area contributed by atoms with Crippen molar-refractivity contribution in [3.05, 3.63) is 86.3 Å². The minimum atomic E-state index is -0.937. The van der Waals surface area contributed by atoms with E-state index in [2.05, 4.69) is 70.8 Å². The minimum absolute atomic E-state index is 0.123. The second-order valence-corrected chi connectivity index (χ2v) is 11.1. The summed E-state index contributed by atoms with van der Waals surface area (Å²) in [6.45, 7) is 13.1. The normalized spacial score (nSPS) is 14.8. The molecular weight excluding hydrogens is 514 g/mol. The van der Waals surface area contributed by atoms with Gasteiger partial charge >= 0.3 is 0 Å². The molecule has 0 radical (unpaired) electrons.